The highest BCUT2D eigenvalue weighted by Gasteiger charge is 2.18. The molecule has 1 atom stereocenters. The fraction of sp³-hybridized carbons (Fsp3) is 0.533. The predicted molar refractivity (Wildman–Crippen MR) is 79.8 cm³/mol. The van der Waals surface area contributed by atoms with E-state index in [-0.39, 0.29) is 5.91 Å². The fourth-order valence-corrected chi connectivity index (χ4v) is 2.57. The van der Waals surface area contributed by atoms with Gasteiger partial charge in [-0.1, -0.05) is 13.3 Å². The summed E-state index contributed by atoms with van der Waals surface area (Å²) >= 11 is 0. The molecule has 2 rings (SSSR count). The van der Waals surface area contributed by atoms with Gasteiger partial charge in [-0.15, -0.1) is 0 Å². The molecule has 1 unspecified atom stereocenters. The molecule has 0 saturated heterocycles. The number of rotatable bonds is 6. The number of benzene rings is 1. The first-order valence-electron chi connectivity index (χ1n) is 6.92. The summed E-state index contributed by atoms with van der Waals surface area (Å²) in [5.74, 6) is 0.736. The van der Waals surface area contributed by atoms with E-state index in [0.29, 0.717) is 12.3 Å². The van der Waals surface area contributed by atoms with Crippen molar-refractivity contribution >= 4 is 17.3 Å². The lowest BCUT2D eigenvalue weighted by Gasteiger charge is -2.25. The average Bonchev–Trinajstić information content (AvgIpc) is 2.76. The van der Waals surface area contributed by atoms with Crippen molar-refractivity contribution in [3.8, 4) is 0 Å². The Morgan fingerprint density at radius 3 is 2.95 bits per heavy atom. The maximum Gasteiger partial charge on any atom is 0.228 e. The van der Waals surface area contributed by atoms with Gasteiger partial charge in [0.05, 0.1) is 6.42 Å². The molecular formula is C15H23N3O. The standard InChI is InChI=1S/C15H23N3O/c1-4-11(9-16-2)10-18(3)13-5-6-14-12(7-13)8-15(19)17-14/h5-7,11,16H,4,8-10H2,1-3H3,(H,17,19). The molecule has 1 aliphatic rings. The van der Waals surface area contributed by atoms with Gasteiger partial charge in [0, 0.05) is 25.0 Å². The number of nitrogens with zero attached hydrogens (tertiary/aromatic N) is 1. The number of amides is 1. The van der Waals surface area contributed by atoms with Crippen LogP contribution in [0.15, 0.2) is 18.2 Å². The van der Waals surface area contributed by atoms with Crippen LogP contribution in [-0.4, -0.2) is 33.1 Å². The van der Waals surface area contributed by atoms with E-state index in [1.165, 1.54) is 5.69 Å². The Morgan fingerprint density at radius 1 is 1.47 bits per heavy atom. The first-order chi connectivity index (χ1) is 9.13. The SMILES string of the molecule is CCC(CNC)CN(C)c1ccc2c(c1)CC(=O)N2. The topological polar surface area (TPSA) is 44.4 Å². The van der Waals surface area contributed by atoms with Gasteiger partial charge in [-0.2, -0.15) is 0 Å². The number of fused-ring (bicyclic) bond motifs is 1. The lowest BCUT2D eigenvalue weighted by atomic mass is 10.1. The molecule has 1 amide bonds. The van der Waals surface area contributed by atoms with Crippen molar-refractivity contribution in [1.82, 2.24) is 5.32 Å². The van der Waals surface area contributed by atoms with Crippen LogP contribution in [-0.2, 0) is 11.2 Å². The summed E-state index contributed by atoms with van der Waals surface area (Å²) in [6.07, 6.45) is 1.67. The van der Waals surface area contributed by atoms with Crippen LogP contribution in [0.5, 0.6) is 0 Å². The molecule has 1 aromatic rings. The van der Waals surface area contributed by atoms with Gasteiger partial charge in [-0.05, 0) is 43.3 Å². The van der Waals surface area contributed by atoms with E-state index in [1.807, 2.05) is 13.1 Å². The van der Waals surface area contributed by atoms with E-state index < -0.39 is 0 Å². The Bertz CT molecular complexity index is 459. The van der Waals surface area contributed by atoms with E-state index in [2.05, 4.69) is 41.6 Å². The molecule has 0 saturated carbocycles. The number of nitrogens with one attached hydrogen (secondary N) is 2. The van der Waals surface area contributed by atoms with Crippen LogP contribution in [0.4, 0.5) is 11.4 Å². The Balaban J connectivity index is 2.05. The maximum atomic E-state index is 11.4. The van der Waals surface area contributed by atoms with Crippen LogP contribution < -0.4 is 15.5 Å². The van der Waals surface area contributed by atoms with Gasteiger partial charge in [0.15, 0.2) is 0 Å². The molecule has 0 bridgehead atoms. The zero-order chi connectivity index (χ0) is 13.8. The molecule has 0 spiro atoms. The molecule has 4 heteroatoms. The van der Waals surface area contributed by atoms with Crippen LogP contribution in [0.1, 0.15) is 18.9 Å². The van der Waals surface area contributed by atoms with Crippen molar-refractivity contribution < 1.29 is 4.79 Å². The summed E-state index contributed by atoms with van der Waals surface area (Å²) in [6, 6.07) is 6.21. The Kier molecular flexibility index (Phi) is 4.43. The predicted octanol–water partition coefficient (Wildman–Crippen LogP) is 1.86. The number of hydrogen-bond donors (Lipinski definition) is 2. The molecule has 1 heterocycles. The molecule has 2 N–H and O–H groups in total. The van der Waals surface area contributed by atoms with Crippen molar-refractivity contribution in [2.24, 2.45) is 5.92 Å². The normalized spacial score (nSPS) is 15.0. The highest BCUT2D eigenvalue weighted by atomic mass is 16.1. The minimum atomic E-state index is 0.0939. The Hall–Kier alpha value is -1.55. The quantitative estimate of drug-likeness (QED) is 0.821. The van der Waals surface area contributed by atoms with Crippen molar-refractivity contribution in [2.45, 2.75) is 19.8 Å². The molecule has 0 fully saturated rings. The number of anilines is 2. The van der Waals surface area contributed by atoms with Gasteiger partial charge in [-0.3, -0.25) is 4.79 Å². The van der Waals surface area contributed by atoms with E-state index in [4.69, 9.17) is 0 Å². The molecular weight excluding hydrogens is 238 g/mol. The summed E-state index contributed by atoms with van der Waals surface area (Å²) < 4.78 is 0. The lowest BCUT2D eigenvalue weighted by Crippen LogP contribution is -2.31. The monoisotopic (exact) mass is 261 g/mol. The molecule has 104 valence electrons. The minimum absolute atomic E-state index is 0.0939. The van der Waals surface area contributed by atoms with Crippen LogP contribution in [0.25, 0.3) is 0 Å². The van der Waals surface area contributed by atoms with Crippen molar-refractivity contribution in [1.29, 1.82) is 0 Å². The largest absolute Gasteiger partial charge is 0.374 e. The third-order valence-corrected chi connectivity index (χ3v) is 3.76. The summed E-state index contributed by atoms with van der Waals surface area (Å²) in [5, 5.41) is 6.11. The second-order valence-electron chi connectivity index (χ2n) is 5.28. The zero-order valence-corrected chi connectivity index (χ0v) is 12.0. The van der Waals surface area contributed by atoms with Gasteiger partial charge in [0.2, 0.25) is 5.91 Å². The Labute approximate surface area is 115 Å². The number of carbonyl (C=O) groups is 1. The first kappa shape index (κ1) is 13.9. The van der Waals surface area contributed by atoms with Crippen LogP contribution in [0.2, 0.25) is 0 Å². The van der Waals surface area contributed by atoms with Crippen LogP contribution >= 0.6 is 0 Å². The minimum Gasteiger partial charge on any atom is -0.374 e. The summed E-state index contributed by atoms with van der Waals surface area (Å²) in [7, 11) is 4.11. The van der Waals surface area contributed by atoms with E-state index >= 15 is 0 Å². The summed E-state index contributed by atoms with van der Waals surface area (Å²) in [5.41, 5.74) is 3.25. The van der Waals surface area contributed by atoms with Gasteiger partial charge in [-0.25, -0.2) is 0 Å². The molecule has 19 heavy (non-hydrogen) atoms. The van der Waals surface area contributed by atoms with Crippen LogP contribution in [0.3, 0.4) is 0 Å². The first-order valence-corrected chi connectivity index (χ1v) is 6.92. The van der Waals surface area contributed by atoms with Crippen molar-refractivity contribution in [3.05, 3.63) is 23.8 Å². The van der Waals surface area contributed by atoms with E-state index in [1.54, 1.807) is 0 Å². The van der Waals surface area contributed by atoms with Gasteiger partial charge in [0.1, 0.15) is 0 Å². The lowest BCUT2D eigenvalue weighted by molar-refractivity contribution is -0.115. The van der Waals surface area contributed by atoms with Crippen molar-refractivity contribution in [2.75, 3.05) is 37.4 Å². The molecule has 1 aromatic carbocycles. The molecule has 0 radical (unpaired) electrons. The van der Waals surface area contributed by atoms with E-state index in [0.717, 1.165) is 30.8 Å². The zero-order valence-electron chi connectivity index (χ0n) is 12.0. The second kappa shape index (κ2) is 6.06. The highest BCUT2D eigenvalue weighted by Crippen LogP contribution is 2.27. The second-order valence-corrected chi connectivity index (χ2v) is 5.28. The van der Waals surface area contributed by atoms with E-state index in [9.17, 15) is 4.79 Å². The van der Waals surface area contributed by atoms with Gasteiger partial charge >= 0.3 is 0 Å². The summed E-state index contributed by atoms with van der Waals surface area (Å²) in [6.45, 7) is 4.28. The molecule has 1 aliphatic heterocycles. The van der Waals surface area contributed by atoms with Gasteiger partial charge < -0.3 is 15.5 Å². The number of carbonyl (C=O) groups excluding carboxylic acids is 1. The fourth-order valence-electron chi connectivity index (χ4n) is 2.57. The smallest absolute Gasteiger partial charge is 0.228 e. The molecule has 0 aromatic heterocycles. The Morgan fingerprint density at radius 2 is 2.26 bits per heavy atom. The van der Waals surface area contributed by atoms with Gasteiger partial charge in [0.25, 0.3) is 0 Å². The average molecular weight is 261 g/mol. The third kappa shape index (κ3) is 3.26. The molecule has 0 aliphatic carbocycles. The molecule has 4 nitrogen and oxygen atoms in total. The van der Waals surface area contributed by atoms with Crippen molar-refractivity contribution in [3.63, 3.8) is 0 Å². The van der Waals surface area contributed by atoms with Crippen LogP contribution in [0, 0.1) is 5.92 Å². The maximum absolute atomic E-state index is 11.4. The third-order valence-electron chi connectivity index (χ3n) is 3.76. The highest BCUT2D eigenvalue weighted by molar-refractivity contribution is 5.99. The summed E-state index contributed by atoms with van der Waals surface area (Å²) in [4.78, 5) is 13.6. The number of hydrogen-bond acceptors (Lipinski definition) is 3.